The van der Waals surface area contributed by atoms with Crippen molar-refractivity contribution < 1.29 is 8.42 Å². The lowest BCUT2D eigenvalue weighted by atomic mass is 10.2. The third kappa shape index (κ3) is 2.90. The molecule has 0 bridgehead atoms. The molecule has 2 heterocycles. The van der Waals surface area contributed by atoms with Crippen molar-refractivity contribution in [2.24, 2.45) is 0 Å². The zero-order valence-electron chi connectivity index (χ0n) is 12.0. The van der Waals surface area contributed by atoms with Gasteiger partial charge in [0, 0.05) is 44.1 Å². The largest absolute Gasteiger partial charge is 0.369 e. The van der Waals surface area contributed by atoms with Crippen LogP contribution in [0.1, 0.15) is 0 Å². The van der Waals surface area contributed by atoms with Crippen molar-refractivity contribution in [1.82, 2.24) is 9.29 Å². The minimum Gasteiger partial charge on any atom is -0.369 e. The fourth-order valence-corrected chi connectivity index (χ4v) is 3.92. The number of piperazine rings is 1. The molecule has 0 spiro atoms. The van der Waals surface area contributed by atoms with Gasteiger partial charge >= 0.3 is 0 Å². The molecule has 116 valence electrons. The van der Waals surface area contributed by atoms with Crippen molar-refractivity contribution in [2.75, 3.05) is 31.1 Å². The van der Waals surface area contributed by atoms with Crippen molar-refractivity contribution in [3.05, 3.63) is 59.0 Å². The Balaban J connectivity index is 1.73. The zero-order chi connectivity index (χ0) is 15.6. The highest BCUT2D eigenvalue weighted by molar-refractivity contribution is 7.89. The van der Waals surface area contributed by atoms with Crippen LogP contribution in [0.2, 0.25) is 0 Å². The van der Waals surface area contributed by atoms with E-state index in [4.69, 9.17) is 0 Å². The molecule has 1 aromatic carbocycles. The quantitative estimate of drug-likeness (QED) is 0.912. The minimum atomic E-state index is -3.55. The predicted molar refractivity (Wildman–Crippen MR) is 84.5 cm³/mol. The van der Waals surface area contributed by atoms with Gasteiger partial charge in [0.15, 0.2) is 0 Å². The van der Waals surface area contributed by atoms with Gasteiger partial charge in [-0.15, -0.1) is 0 Å². The number of benzene rings is 1. The van der Waals surface area contributed by atoms with Gasteiger partial charge in [-0.25, -0.2) is 8.42 Å². The first kappa shape index (κ1) is 14.8. The maximum absolute atomic E-state index is 12.5. The lowest BCUT2D eigenvalue weighted by Crippen LogP contribution is -2.48. The van der Waals surface area contributed by atoms with E-state index >= 15 is 0 Å². The predicted octanol–water partition coefficient (Wildman–Crippen LogP) is 0.886. The molecular formula is C15H17N3O3S. The average Bonchev–Trinajstić information content (AvgIpc) is 2.56. The molecule has 1 aliphatic rings. The summed E-state index contributed by atoms with van der Waals surface area (Å²) in [5.41, 5.74) is 0.788. The molecule has 0 atom stereocenters. The summed E-state index contributed by atoms with van der Waals surface area (Å²) in [6.07, 6.45) is 1.25. The number of H-pyrrole nitrogens is 1. The molecule has 1 saturated heterocycles. The standard InChI is InChI=1S/C15H17N3O3S/c19-15-7-6-14(12-16-15)22(20,21)18-10-8-17(9-11-18)13-4-2-1-3-5-13/h1-7,12H,8-11H2,(H,16,19). The van der Waals surface area contributed by atoms with Gasteiger partial charge in [-0.2, -0.15) is 4.31 Å². The van der Waals surface area contributed by atoms with Gasteiger partial charge in [0.1, 0.15) is 0 Å². The Hall–Kier alpha value is -2.12. The number of aromatic amines is 1. The van der Waals surface area contributed by atoms with Crippen LogP contribution in [-0.2, 0) is 10.0 Å². The second-order valence-corrected chi connectivity index (χ2v) is 7.05. The third-order valence-corrected chi connectivity index (χ3v) is 5.65. The third-order valence-electron chi connectivity index (χ3n) is 3.75. The van der Waals surface area contributed by atoms with E-state index in [0.717, 1.165) is 5.69 Å². The number of aromatic nitrogens is 1. The maximum Gasteiger partial charge on any atom is 0.247 e. The van der Waals surface area contributed by atoms with Crippen molar-refractivity contribution in [3.8, 4) is 0 Å². The summed E-state index contributed by atoms with van der Waals surface area (Å²) in [6, 6.07) is 12.5. The number of sulfonamides is 1. The van der Waals surface area contributed by atoms with Crippen LogP contribution in [0.15, 0.2) is 58.4 Å². The number of hydrogen-bond acceptors (Lipinski definition) is 4. The lowest BCUT2D eigenvalue weighted by Gasteiger charge is -2.35. The number of para-hydroxylation sites is 1. The molecule has 2 aromatic rings. The van der Waals surface area contributed by atoms with Gasteiger partial charge in [-0.1, -0.05) is 18.2 Å². The van der Waals surface area contributed by atoms with E-state index < -0.39 is 10.0 Å². The molecule has 0 aliphatic carbocycles. The SMILES string of the molecule is O=c1ccc(S(=O)(=O)N2CCN(c3ccccc3)CC2)c[nH]1. The van der Waals surface area contributed by atoms with Crippen LogP contribution >= 0.6 is 0 Å². The van der Waals surface area contributed by atoms with Crippen molar-refractivity contribution in [3.63, 3.8) is 0 Å². The summed E-state index contributed by atoms with van der Waals surface area (Å²) in [6.45, 7) is 2.14. The molecule has 1 aliphatic heterocycles. The Morgan fingerprint density at radius 1 is 0.909 bits per heavy atom. The van der Waals surface area contributed by atoms with Crippen LogP contribution in [0.3, 0.4) is 0 Å². The highest BCUT2D eigenvalue weighted by Gasteiger charge is 2.28. The Kier molecular flexibility index (Phi) is 4.00. The molecule has 7 heteroatoms. The van der Waals surface area contributed by atoms with E-state index in [0.29, 0.717) is 26.2 Å². The molecule has 0 radical (unpaired) electrons. The van der Waals surface area contributed by atoms with E-state index in [1.165, 1.54) is 22.6 Å². The molecule has 0 unspecified atom stereocenters. The fourth-order valence-electron chi connectivity index (χ4n) is 2.53. The Morgan fingerprint density at radius 2 is 1.59 bits per heavy atom. The van der Waals surface area contributed by atoms with E-state index in [2.05, 4.69) is 9.88 Å². The first-order valence-corrected chi connectivity index (χ1v) is 8.50. The number of nitrogens with one attached hydrogen (secondary N) is 1. The number of rotatable bonds is 3. The van der Waals surface area contributed by atoms with Crippen molar-refractivity contribution in [2.45, 2.75) is 4.90 Å². The summed E-state index contributed by atoms with van der Waals surface area (Å²) >= 11 is 0. The fraction of sp³-hybridized carbons (Fsp3) is 0.267. The number of pyridine rings is 1. The van der Waals surface area contributed by atoms with Crippen LogP contribution in [0, 0.1) is 0 Å². The van der Waals surface area contributed by atoms with Crippen LogP contribution < -0.4 is 10.5 Å². The smallest absolute Gasteiger partial charge is 0.247 e. The molecule has 0 saturated carbocycles. The number of nitrogens with zero attached hydrogens (tertiary/aromatic N) is 2. The van der Waals surface area contributed by atoms with Gasteiger partial charge in [0.2, 0.25) is 15.6 Å². The second kappa shape index (κ2) is 5.94. The van der Waals surface area contributed by atoms with Gasteiger partial charge < -0.3 is 9.88 Å². The normalized spacial score (nSPS) is 16.6. The molecular weight excluding hydrogens is 302 g/mol. The van der Waals surface area contributed by atoms with Crippen LogP contribution in [0.25, 0.3) is 0 Å². The van der Waals surface area contributed by atoms with Crippen molar-refractivity contribution in [1.29, 1.82) is 0 Å². The highest BCUT2D eigenvalue weighted by Crippen LogP contribution is 2.19. The van der Waals surface area contributed by atoms with Gasteiger partial charge in [0.25, 0.3) is 0 Å². The average molecular weight is 319 g/mol. The van der Waals surface area contributed by atoms with E-state index in [1.807, 2.05) is 30.3 Å². The Labute approximate surface area is 129 Å². The van der Waals surface area contributed by atoms with Crippen LogP contribution in [0.5, 0.6) is 0 Å². The molecule has 22 heavy (non-hydrogen) atoms. The minimum absolute atomic E-state index is 0.125. The summed E-state index contributed by atoms with van der Waals surface area (Å²) in [5, 5.41) is 0. The van der Waals surface area contributed by atoms with E-state index in [9.17, 15) is 13.2 Å². The molecule has 1 N–H and O–H groups in total. The lowest BCUT2D eigenvalue weighted by molar-refractivity contribution is 0.385. The van der Waals surface area contributed by atoms with Gasteiger partial charge in [0.05, 0.1) is 4.90 Å². The molecule has 6 nitrogen and oxygen atoms in total. The van der Waals surface area contributed by atoms with E-state index in [-0.39, 0.29) is 10.5 Å². The van der Waals surface area contributed by atoms with Crippen molar-refractivity contribution >= 4 is 15.7 Å². The first-order chi connectivity index (χ1) is 10.6. The molecule has 1 aromatic heterocycles. The van der Waals surface area contributed by atoms with Crippen LogP contribution in [0.4, 0.5) is 5.69 Å². The summed E-state index contributed by atoms with van der Waals surface area (Å²) in [4.78, 5) is 15.8. The Bertz CT molecular complexity index is 774. The summed E-state index contributed by atoms with van der Waals surface area (Å²) < 4.78 is 26.5. The first-order valence-electron chi connectivity index (χ1n) is 7.06. The topological polar surface area (TPSA) is 73.5 Å². The maximum atomic E-state index is 12.5. The van der Waals surface area contributed by atoms with E-state index in [1.54, 1.807) is 0 Å². The van der Waals surface area contributed by atoms with Gasteiger partial charge in [-0.05, 0) is 18.2 Å². The molecule has 3 rings (SSSR count). The van der Waals surface area contributed by atoms with Crippen LogP contribution in [-0.4, -0.2) is 43.9 Å². The molecule has 0 amide bonds. The highest BCUT2D eigenvalue weighted by atomic mass is 32.2. The van der Waals surface area contributed by atoms with Gasteiger partial charge in [-0.3, -0.25) is 4.79 Å². The summed E-state index contributed by atoms with van der Waals surface area (Å²) in [7, 11) is -3.55. The molecule has 1 fully saturated rings. The second-order valence-electron chi connectivity index (χ2n) is 5.12. The summed E-state index contributed by atoms with van der Waals surface area (Å²) in [5.74, 6) is 0. The Morgan fingerprint density at radius 3 is 2.18 bits per heavy atom. The monoisotopic (exact) mass is 319 g/mol. The number of hydrogen-bond donors (Lipinski definition) is 1. The number of anilines is 1. The zero-order valence-corrected chi connectivity index (χ0v) is 12.8.